The van der Waals surface area contributed by atoms with E-state index in [1.54, 1.807) is 6.20 Å². The third kappa shape index (κ3) is 6.08. The lowest BCUT2D eigenvalue weighted by atomic mass is 9.92. The van der Waals surface area contributed by atoms with Crippen LogP contribution in [0.5, 0.6) is 11.5 Å². The van der Waals surface area contributed by atoms with Crippen molar-refractivity contribution in [2.75, 3.05) is 0 Å². The Labute approximate surface area is 287 Å². The molecule has 0 bridgehead atoms. The van der Waals surface area contributed by atoms with Gasteiger partial charge in [-0.25, -0.2) is 9.97 Å². The number of para-hydroxylation sites is 1. The molecule has 6 heteroatoms. The first kappa shape index (κ1) is 29.2. The highest BCUT2D eigenvalue weighted by Gasteiger charge is 2.20. The Bertz CT molecular complexity index is 2310. The van der Waals surface area contributed by atoms with Crippen LogP contribution in [0.25, 0.3) is 44.7 Å². The maximum atomic E-state index is 9.00. The molecule has 0 N–H and O–H groups in total. The summed E-state index contributed by atoms with van der Waals surface area (Å²) in [5.41, 5.74) is 7.39. The van der Waals surface area contributed by atoms with Gasteiger partial charge >= 0.3 is 0 Å². The summed E-state index contributed by atoms with van der Waals surface area (Å²) in [6, 6.07) is 32.7. The van der Waals surface area contributed by atoms with Crippen molar-refractivity contribution in [3.05, 3.63) is 132 Å². The van der Waals surface area contributed by atoms with Gasteiger partial charge in [-0.2, -0.15) is 0 Å². The summed E-state index contributed by atoms with van der Waals surface area (Å²) in [4.78, 5) is 9.53. The van der Waals surface area contributed by atoms with Crippen molar-refractivity contribution in [2.24, 2.45) is 0 Å². The molecular weight excluding hydrogens is 605 g/mol. The third-order valence-electron chi connectivity index (χ3n) is 8.69. The minimum absolute atomic E-state index is 0.360. The minimum Gasteiger partial charge on any atom is -0.457 e. The van der Waals surface area contributed by atoms with E-state index in [-0.39, 0.29) is 0 Å². The number of hydrogen-bond donors (Lipinski definition) is 0. The van der Waals surface area contributed by atoms with Crippen molar-refractivity contribution in [1.29, 1.82) is 0 Å². The molecule has 0 aliphatic carbocycles. The molecule has 3 heterocycles. The lowest BCUT2D eigenvalue weighted by Gasteiger charge is -2.22. The second-order valence-electron chi connectivity index (χ2n) is 14.2. The molecule has 7 aromatic rings. The van der Waals surface area contributed by atoms with E-state index < -0.39 is 14.1 Å². The van der Waals surface area contributed by atoms with E-state index >= 15 is 0 Å². The van der Waals surface area contributed by atoms with Gasteiger partial charge in [0, 0.05) is 51.8 Å². The number of fused-ring (bicyclic) bond motifs is 3. The van der Waals surface area contributed by atoms with Crippen LogP contribution in [0, 0.1) is 0 Å². The van der Waals surface area contributed by atoms with Gasteiger partial charge < -0.3 is 4.74 Å². The number of nitrogens with zero attached hydrogens (tertiary/aromatic N) is 4. The zero-order valence-corrected chi connectivity index (χ0v) is 29.8. The van der Waals surface area contributed by atoms with E-state index in [0.717, 1.165) is 44.6 Å². The molecule has 4 aromatic carbocycles. The van der Waals surface area contributed by atoms with Crippen molar-refractivity contribution in [2.45, 2.75) is 65.2 Å². The molecule has 0 saturated heterocycles. The highest BCUT2D eigenvalue weighted by Crippen LogP contribution is 2.38. The van der Waals surface area contributed by atoms with Crippen LogP contribution in [-0.2, 0) is 6.00 Å². The van der Waals surface area contributed by atoms with Crippen LogP contribution in [-0.4, -0.2) is 27.2 Å². The molecule has 3 aromatic heterocycles. The van der Waals surface area contributed by atoms with Gasteiger partial charge in [0.25, 0.3) is 0 Å². The first-order valence-electron chi connectivity index (χ1n) is 17.8. The summed E-state index contributed by atoms with van der Waals surface area (Å²) in [6.07, 6.45) is 5.72. The zero-order valence-electron chi connectivity index (χ0n) is 30.8. The fourth-order valence-electron chi connectivity index (χ4n) is 6.63. The molecule has 0 fully saturated rings. The molecule has 242 valence electrons. The molecule has 0 amide bonds. The average molecular weight is 651 g/mol. The van der Waals surface area contributed by atoms with Gasteiger partial charge in [0.2, 0.25) is 0 Å². The van der Waals surface area contributed by atoms with Crippen LogP contribution in [0.4, 0.5) is 0 Å². The predicted octanol–water partition coefficient (Wildman–Crippen LogP) is 11.5. The summed E-state index contributed by atoms with van der Waals surface area (Å²) in [5.74, 6) is 2.41. The Morgan fingerprint density at radius 3 is 2.17 bits per heavy atom. The second kappa shape index (κ2) is 12.6. The Morgan fingerprint density at radius 2 is 1.46 bits per heavy atom. The van der Waals surface area contributed by atoms with Crippen molar-refractivity contribution in [1.82, 2.24) is 19.1 Å². The van der Waals surface area contributed by atoms with E-state index in [1.807, 2.05) is 60.8 Å². The van der Waals surface area contributed by atoms with E-state index in [1.165, 1.54) is 16.8 Å². The molecule has 0 atom stereocenters. The summed E-state index contributed by atoms with van der Waals surface area (Å²) < 4.78 is 28.9. The Morgan fingerprint density at radius 1 is 0.708 bits per heavy atom. The smallest absolute Gasteiger partial charge is 0.144 e. The molecule has 0 aliphatic rings. The topological polar surface area (TPSA) is 44.9 Å². The van der Waals surface area contributed by atoms with Gasteiger partial charge in [0.05, 0.1) is 16.7 Å². The molecule has 0 radical (unpaired) electrons. The summed E-state index contributed by atoms with van der Waals surface area (Å²) in [5, 5.41) is 2.01. The van der Waals surface area contributed by atoms with Gasteiger partial charge in [-0.15, -0.1) is 0 Å². The maximum absolute atomic E-state index is 9.00. The van der Waals surface area contributed by atoms with Crippen LogP contribution < -0.4 is 4.74 Å². The van der Waals surface area contributed by atoms with Gasteiger partial charge in [-0.3, -0.25) is 9.13 Å². The first-order valence-corrected chi connectivity index (χ1v) is 20.3. The minimum atomic E-state index is -2.17. The number of rotatable bonds is 9. The highest BCUT2D eigenvalue weighted by molar-refractivity contribution is 6.75. The zero-order chi connectivity index (χ0) is 35.4. The van der Waals surface area contributed by atoms with Gasteiger partial charge in [-0.1, -0.05) is 89.8 Å². The third-order valence-corrected chi connectivity index (χ3v) is 9.73. The van der Waals surface area contributed by atoms with Gasteiger partial charge in [0.15, 0.2) is 0 Å². The van der Waals surface area contributed by atoms with E-state index in [2.05, 4.69) is 105 Å². The highest BCUT2D eigenvalue weighted by atomic mass is 28.3. The van der Waals surface area contributed by atoms with Crippen LogP contribution in [0.3, 0.4) is 0 Å². The van der Waals surface area contributed by atoms with E-state index in [9.17, 15) is 0 Å². The molecule has 0 saturated carbocycles. The lowest BCUT2D eigenvalue weighted by Crippen LogP contribution is -2.23. The number of pyridine rings is 1. The average Bonchev–Trinajstić information content (AvgIpc) is 3.70. The molecule has 0 spiro atoms. The van der Waals surface area contributed by atoms with Gasteiger partial charge in [-0.05, 0) is 83.1 Å². The van der Waals surface area contributed by atoms with Crippen LogP contribution in [0.2, 0.25) is 19.6 Å². The lowest BCUT2D eigenvalue weighted by molar-refractivity contribution is 0.483. The molecule has 0 unspecified atom stereocenters. The molecule has 5 nitrogen and oxygen atoms in total. The van der Waals surface area contributed by atoms with E-state index in [0.29, 0.717) is 23.3 Å². The maximum Gasteiger partial charge on any atom is 0.144 e. The number of benzene rings is 4. The Hall–Kier alpha value is -4.94. The summed E-state index contributed by atoms with van der Waals surface area (Å²) in [7, 11) is -2.17. The molecule has 48 heavy (non-hydrogen) atoms. The quantitative estimate of drug-likeness (QED) is 0.146. The van der Waals surface area contributed by atoms with Crippen LogP contribution in [0.15, 0.2) is 116 Å². The molecule has 7 rings (SSSR count). The predicted molar refractivity (Wildman–Crippen MR) is 203 cm³/mol. The van der Waals surface area contributed by atoms with Crippen molar-refractivity contribution in [3.8, 4) is 34.4 Å². The number of hydrogen-bond acceptors (Lipinski definition) is 3. The number of aromatic nitrogens is 4. The molecule has 0 aliphatic heterocycles. The summed E-state index contributed by atoms with van der Waals surface area (Å²) in [6.45, 7) is 15.2. The number of imidazole rings is 1. The van der Waals surface area contributed by atoms with Gasteiger partial charge in [0.1, 0.15) is 23.1 Å². The summed E-state index contributed by atoms with van der Waals surface area (Å²) >= 11 is 0. The monoisotopic (exact) mass is 650 g/mol. The fraction of sp³-hybridized carbons (Fsp3) is 0.238. The van der Waals surface area contributed by atoms with Crippen molar-refractivity contribution < 1.29 is 7.48 Å². The first-order chi connectivity index (χ1) is 23.8. The van der Waals surface area contributed by atoms with E-state index in [4.69, 9.17) is 17.4 Å². The van der Waals surface area contributed by atoms with Crippen LogP contribution >= 0.6 is 0 Å². The normalized spacial score (nSPS) is 13.0. The van der Waals surface area contributed by atoms with Crippen LogP contribution in [0.1, 0.15) is 59.0 Å². The fourth-order valence-corrected chi connectivity index (χ4v) is 7.65. The number of ether oxygens (including phenoxy) is 1. The standard InChI is InChI=1S/C42H44N4OSi/c1-28(2)34-14-11-15-35(29(3)4)41(34)45-23-22-44-42(45)31-12-10-13-32(25-31)47-33-18-19-36-37-24-30(27-48(5,6)7)17-20-38(37)46(39(36)26-33)40-16-8-9-21-43-40/h8-26,28-29H,27H2,1-7H3/i27D2. The SMILES string of the molecule is [2H]C([2H])(c1ccc2c(c1)c1ccc(Oc3cccc(-c4nccn4-c4c(C(C)C)cccc4C(C)C)c3)cc1n2-c1ccccn1)[Si](C)(C)C. The van der Waals surface area contributed by atoms with Crippen molar-refractivity contribution in [3.63, 3.8) is 0 Å². The Balaban J connectivity index is 1.31. The van der Waals surface area contributed by atoms with Crippen molar-refractivity contribution >= 4 is 29.9 Å². The second-order valence-corrected chi connectivity index (χ2v) is 18.9. The molecular formula is C42H44N4OSi. The Kier molecular flexibility index (Phi) is 7.66. The largest absolute Gasteiger partial charge is 0.457 e.